The summed E-state index contributed by atoms with van der Waals surface area (Å²) in [6, 6.07) is 8.25. The Morgan fingerprint density at radius 2 is 2.14 bits per heavy atom. The maximum Gasteiger partial charge on any atom is 0.315 e. The van der Waals surface area contributed by atoms with Crippen LogP contribution in [0.1, 0.15) is 10.6 Å². The Morgan fingerprint density at radius 1 is 1.32 bits per heavy atom. The summed E-state index contributed by atoms with van der Waals surface area (Å²) in [5.74, 6) is 0.340. The van der Waals surface area contributed by atoms with Gasteiger partial charge in [0.15, 0.2) is 5.76 Å². The number of nitrogens with zero attached hydrogens (tertiary/aromatic N) is 3. The molecule has 3 aromatic heterocycles. The van der Waals surface area contributed by atoms with Crippen molar-refractivity contribution in [2.75, 3.05) is 19.0 Å². The Balaban J connectivity index is 2.13. The average molecular weight is 298 g/mol. The first kappa shape index (κ1) is 13.9. The number of furan rings is 1. The molecule has 3 aromatic rings. The summed E-state index contributed by atoms with van der Waals surface area (Å²) in [6.45, 7) is 0. The SMILES string of the molecule is CN(C)c1cc(-c2ccc[nH]c2=O)nn1C(=O)c1ccco1. The maximum atomic E-state index is 12.5. The van der Waals surface area contributed by atoms with Crippen molar-refractivity contribution in [3.8, 4) is 11.3 Å². The first-order chi connectivity index (χ1) is 10.6. The van der Waals surface area contributed by atoms with Crippen LogP contribution < -0.4 is 10.5 Å². The molecule has 0 aliphatic carbocycles. The zero-order chi connectivity index (χ0) is 15.7. The summed E-state index contributed by atoms with van der Waals surface area (Å²) < 4.78 is 6.35. The van der Waals surface area contributed by atoms with Gasteiger partial charge in [-0.2, -0.15) is 9.78 Å². The Labute approximate surface area is 125 Å². The minimum Gasteiger partial charge on any atom is -0.459 e. The van der Waals surface area contributed by atoms with Gasteiger partial charge in [-0.3, -0.25) is 9.59 Å². The van der Waals surface area contributed by atoms with Gasteiger partial charge >= 0.3 is 5.91 Å². The molecule has 0 amide bonds. The molecule has 0 saturated carbocycles. The Hall–Kier alpha value is -3.09. The van der Waals surface area contributed by atoms with Gasteiger partial charge < -0.3 is 14.3 Å². The number of H-pyrrole nitrogens is 1. The monoisotopic (exact) mass is 298 g/mol. The Kier molecular flexibility index (Phi) is 3.38. The molecule has 0 bridgehead atoms. The van der Waals surface area contributed by atoms with Crippen LogP contribution in [-0.2, 0) is 0 Å². The van der Waals surface area contributed by atoms with Crippen molar-refractivity contribution < 1.29 is 9.21 Å². The smallest absolute Gasteiger partial charge is 0.315 e. The Morgan fingerprint density at radius 3 is 2.77 bits per heavy atom. The minimum absolute atomic E-state index is 0.180. The number of hydrogen-bond donors (Lipinski definition) is 1. The molecule has 7 heteroatoms. The van der Waals surface area contributed by atoms with Gasteiger partial charge in [-0.25, -0.2) is 0 Å². The van der Waals surface area contributed by atoms with Crippen LogP contribution in [0.3, 0.4) is 0 Å². The summed E-state index contributed by atoms with van der Waals surface area (Å²) in [5, 5.41) is 4.26. The van der Waals surface area contributed by atoms with Crippen LogP contribution in [0.4, 0.5) is 5.82 Å². The van der Waals surface area contributed by atoms with E-state index in [0.717, 1.165) is 0 Å². The first-order valence-electron chi connectivity index (χ1n) is 6.61. The van der Waals surface area contributed by atoms with Crippen molar-refractivity contribution in [3.63, 3.8) is 0 Å². The summed E-state index contributed by atoms with van der Waals surface area (Å²) in [7, 11) is 3.59. The fourth-order valence-electron chi connectivity index (χ4n) is 2.10. The molecule has 3 rings (SSSR count). The quantitative estimate of drug-likeness (QED) is 0.793. The molecule has 0 fully saturated rings. The highest BCUT2D eigenvalue weighted by Gasteiger charge is 2.20. The van der Waals surface area contributed by atoms with E-state index in [2.05, 4.69) is 10.1 Å². The summed E-state index contributed by atoms with van der Waals surface area (Å²) in [4.78, 5) is 28.7. The molecule has 0 unspecified atom stereocenters. The van der Waals surface area contributed by atoms with Crippen molar-refractivity contribution >= 4 is 11.7 Å². The van der Waals surface area contributed by atoms with Gasteiger partial charge in [0.05, 0.1) is 11.8 Å². The number of pyridine rings is 1. The number of rotatable bonds is 3. The standard InChI is InChI=1S/C15H14N4O3/c1-18(2)13-9-11(10-5-3-7-16-14(10)20)17-19(13)15(21)12-6-4-8-22-12/h3-9H,1-2H3,(H,16,20). The highest BCUT2D eigenvalue weighted by molar-refractivity contribution is 5.95. The second kappa shape index (κ2) is 5.36. The maximum absolute atomic E-state index is 12.5. The molecule has 7 nitrogen and oxygen atoms in total. The van der Waals surface area contributed by atoms with Crippen LogP contribution in [0.5, 0.6) is 0 Å². The fraction of sp³-hybridized carbons (Fsp3) is 0.133. The van der Waals surface area contributed by atoms with E-state index in [1.54, 1.807) is 55.5 Å². The molecular formula is C15H14N4O3. The molecule has 0 spiro atoms. The van der Waals surface area contributed by atoms with Crippen molar-refractivity contribution in [3.05, 3.63) is 58.9 Å². The van der Waals surface area contributed by atoms with Gasteiger partial charge in [0.25, 0.3) is 5.56 Å². The second-order valence-electron chi connectivity index (χ2n) is 4.89. The van der Waals surface area contributed by atoms with Crippen molar-refractivity contribution in [2.45, 2.75) is 0 Å². The largest absolute Gasteiger partial charge is 0.459 e. The average Bonchev–Trinajstić information content (AvgIpc) is 3.17. The van der Waals surface area contributed by atoms with Crippen LogP contribution in [0.2, 0.25) is 0 Å². The van der Waals surface area contributed by atoms with Crippen LogP contribution in [0.15, 0.2) is 52.0 Å². The lowest BCUT2D eigenvalue weighted by Crippen LogP contribution is -2.20. The normalized spacial score (nSPS) is 10.6. The number of aromatic amines is 1. The van der Waals surface area contributed by atoms with E-state index in [9.17, 15) is 9.59 Å². The predicted molar refractivity (Wildman–Crippen MR) is 81.0 cm³/mol. The lowest BCUT2D eigenvalue weighted by Gasteiger charge is -2.12. The number of anilines is 1. The van der Waals surface area contributed by atoms with Crippen LogP contribution in [-0.4, -0.2) is 34.8 Å². The van der Waals surface area contributed by atoms with E-state index in [-0.39, 0.29) is 11.3 Å². The topological polar surface area (TPSA) is 84.1 Å². The van der Waals surface area contributed by atoms with Crippen molar-refractivity contribution in [1.82, 2.24) is 14.8 Å². The highest BCUT2D eigenvalue weighted by Crippen LogP contribution is 2.22. The van der Waals surface area contributed by atoms with Crippen molar-refractivity contribution in [2.24, 2.45) is 0 Å². The fourth-order valence-corrected chi connectivity index (χ4v) is 2.10. The van der Waals surface area contributed by atoms with Gasteiger partial charge in [-0.1, -0.05) is 0 Å². The summed E-state index contributed by atoms with van der Waals surface area (Å²) in [6.07, 6.45) is 2.97. The molecule has 0 saturated heterocycles. The highest BCUT2D eigenvalue weighted by atomic mass is 16.3. The number of nitrogens with one attached hydrogen (secondary N) is 1. The van der Waals surface area contributed by atoms with Gasteiger partial charge in [0.2, 0.25) is 0 Å². The summed E-state index contributed by atoms with van der Waals surface area (Å²) >= 11 is 0. The summed E-state index contributed by atoms with van der Waals surface area (Å²) in [5.41, 5.74) is 0.560. The number of hydrogen-bond acceptors (Lipinski definition) is 5. The van der Waals surface area contributed by atoms with E-state index < -0.39 is 5.91 Å². The molecule has 0 radical (unpaired) electrons. The molecule has 0 aliphatic heterocycles. The number of aromatic nitrogens is 3. The molecule has 0 aliphatic rings. The molecule has 112 valence electrons. The van der Waals surface area contributed by atoms with E-state index in [1.807, 2.05) is 0 Å². The first-order valence-corrected chi connectivity index (χ1v) is 6.61. The minimum atomic E-state index is -0.396. The predicted octanol–water partition coefficient (Wildman–Crippen LogP) is 1.59. The second-order valence-corrected chi connectivity index (χ2v) is 4.89. The van der Waals surface area contributed by atoms with Gasteiger partial charge in [0, 0.05) is 26.4 Å². The van der Waals surface area contributed by atoms with Crippen molar-refractivity contribution in [1.29, 1.82) is 0 Å². The number of carbonyl (C=O) groups is 1. The Bertz CT molecular complexity index is 859. The zero-order valence-corrected chi connectivity index (χ0v) is 12.1. The van der Waals surface area contributed by atoms with Gasteiger partial charge in [0.1, 0.15) is 11.5 Å². The molecule has 22 heavy (non-hydrogen) atoms. The van der Waals surface area contributed by atoms with E-state index >= 15 is 0 Å². The lowest BCUT2D eigenvalue weighted by atomic mass is 10.2. The zero-order valence-electron chi connectivity index (χ0n) is 12.1. The van der Waals surface area contributed by atoms with Crippen LogP contribution in [0.25, 0.3) is 11.3 Å². The molecule has 0 atom stereocenters. The third-order valence-corrected chi connectivity index (χ3v) is 3.17. The van der Waals surface area contributed by atoms with Gasteiger partial charge in [-0.15, -0.1) is 0 Å². The molecule has 0 aromatic carbocycles. The number of carbonyl (C=O) groups excluding carboxylic acids is 1. The molecule has 1 N–H and O–H groups in total. The van der Waals surface area contributed by atoms with Gasteiger partial charge in [-0.05, 0) is 24.3 Å². The van der Waals surface area contributed by atoms with Crippen LogP contribution >= 0.6 is 0 Å². The van der Waals surface area contributed by atoms with Crippen LogP contribution in [0, 0.1) is 0 Å². The third kappa shape index (κ3) is 2.32. The van der Waals surface area contributed by atoms with E-state index in [4.69, 9.17) is 4.42 Å². The molecular weight excluding hydrogens is 284 g/mol. The lowest BCUT2D eigenvalue weighted by molar-refractivity contribution is 0.0919. The third-order valence-electron chi connectivity index (χ3n) is 3.17. The van der Waals surface area contributed by atoms with E-state index in [1.165, 1.54) is 10.9 Å². The molecule has 3 heterocycles. The van der Waals surface area contributed by atoms with E-state index in [0.29, 0.717) is 17.1 Å².